The first-order chi connectivity index (χ1) is 14.0. The Labute approximate surface area is 169 Å². The molecule has 2 aromatic carbocycles. The quantitative estimate of drug-likeness (QED) is 0.781. The van der Waals surface area contributed by atoms with E-state index in [9.17, 15) is 9.18 Å². The molecule has 0 radical (unpaired) electrons. The number of nitrogens with zero attached hydrogens (tertiary/aromatic N) is 1. The van der Waals surface area contributed by atoms with Gasteiger partial charge in [0.1, 0.15) is 18.1 Å². The molecule has 2 aliphatic rings. The fraction of sp³-hybridized carbons (Fsp3) is 0.435. The van der Waals surface area contributed by atoms with Gasteiger partial charge in [-0.05, 0) is 29.7 Å². The van der Waals surface area contributed by atoms with Gasteiger partial charge in [0.15, 0.2) is 0 Å². The van der Waals surface area contributed by atoms with E-state index in [-0.39, 0.29) is 12.4 Å². The minimum atomic E-state index is -1.29. The number of ether oxygens (including phenoxy) is 1. The predicted molar refractivity (Wildman–Crippen MR) is 107 cm³/mol. The van der Waals surface area contributed by atoms with E-state index >= 15 is 4.39 Å². The van der Waals surface area contributed by atoms with Crippen molar-refractivity contribution in [2.75, 3.05) is 19.6 Å². The van der Waals surface area contributed by atoms with Gasteiger partial charge in [-0.2, -0.15) is 0 Å². The number of piperidine rings is 1. The molecule has 29 heavy (non-hydrogen) atoms. The maximum Gasteiger partial charge on any atom is 0.410 e. The Balaban J connectivity index is 1.18. The Hall–Kier alpha value is -2.47. The van der Waals surface area contributed by atoms with Gasteiger partial charge >= 0.3 is 6.09 Å². The molecule has 1 aliphatic carbocycles. The lowest BCUT2D eigenvalue weighted by atomic mass is 9.93. The second-order valence-corrected chi connectivity index (χ2v) is 8.06. The topological polar surface area (TPSA) is 41.6 Å². The summed E-state index contributed by atoms with van der Waals surface area (Å²) in [5, 5.41) is 3.37. The zero-order valence-corrected chi connectivity index (χ0v) is 16.3. The van der Waals surface area contributed by atoms with E-state index in [2.05, 4.69) is 17.4 Å². The van der Waals surface area contributed by atoms with Crippen molar-refractivity contribution in [2.24, 2.45) is 0 Å². The summed E-state index contributed by atoms with van der Waals surface area (Å²) in [4.78, 5) is 13.8. The van der Waals surface area contributed by atoms with E-state index in [0.717, 1.165) is 12.0 Å². The maximum atomic E-state index is 15.1. The van der Waals surface area contributed by atoms with E-state index in [4.69, 9.17) is 4.74 Å². The van der Waals surface area contributed by atoms with E-state index in [1.54, 1.807) is 17.0 Å². The van der Waals surface area contributed by atoms with Gasteiger partial charge in [-0.25, -0.2) is 13.6 Å². The normalized spacial score (nSPS) is 22.9. The first kappa shape index (κ1) is 19.8. The Kier molecular flexibility index (Phi) is 5.81. The number of hydrogen-bond donors (Lipinski definition) is 1. The number of carbonyl (C=O) groups is 1. The van der Waals surface area contributed by atoms with Crippen molar-refractivity contribution in [3.63, 3.8) is 0 Å². The number of benzene rings is 2. The van der Waals surface area contributed by atoms with Crippen LogP contribution in [0.4, 0.5) is 13.6 Å². The van der Waals surface area contributed by atoms with E-state index in [1.165, 1.54) is 17.7 Å². The molecule has 1 N–H and O–H groups in total. The summed E-state index contributed by atoms with van der Waals surface area (Å²) in [5.41, 5.74) is 0.729. The molecule has 6 heteroatoms. The zero-order valence-electron chi connectivity index (χ0n) is 16.3. The zero-order chi connectivity index (χ0) is 20.3. The molecule has 1 heterocycles. The van der Waals surface area contributed by atoms with Crippen LogP contribution in [0.1, 0.15) is 36.3 Å². The van der Waals surface area contributed by atoms with Crippen LogP contribution in [-0.4, -0.2) is 42.3 Å². The summed E-state index contributed by atoms with van der Waals surface area (Å²) in [6.45, 7) is 1.08. The fourth-order valence-electron chi connectivity index (χ4n) is 3.89. The number of halogens is 2. The van der Waals surface area contributed by atoms with E-state index in [0.29, 0.717) is 44.4 Å². The lowest BCUT2D eigenvalue weighted by Crippen LogP contribution is -2.49. The molecule has 1 amide bonds. The smallest absolute Gasteiger partial charge is 0.410 e. The molecule has 2 atom stereocenters. The van der Waals surface area contributed by atoms with Crippen molar-refractivity contribution >= 4 is 6.09 Å². The highest BCUT2D eigenvalue weighted by Crippen LogP contribution is 2.41. The Morgan fingerprint density at radius 2 is 1.79 bits per heavy atom. The standard InChI is InChI=1S/C23H26F2N2O2/c24-19-8-6-17(7-9-19)15-29-22(28)27-12-10-23(25,11-13-27)16-26-21-14-20(21)18-4-2-1-3-5-18/h1-9,20-21,26H,10-16H2/t20-,21+/m0/s1. The summed E-state index contributed by atoms with van der Waals surface area (Å²) in [7, 11) is 0. The molecule has 2 fully saturated rings. The van der Waals surface area contributed by atoms with Crippen molar-refractivity contribution in [1.82, 2.24) is 10.2 Å². The molecule has 4 rings (SSSR count). The van der Waals surface area contributed by atoms with Crippen molar-refractivity contribution in [2.45, 2.75) is 43.5 Å². The molecule has 1 saturated carbocycles. The second kappa shape index (κ2) is 8.49. The molecule has 1 aliphatic heterocycles. The van der Waals surface area contributed by atoms with Gasteiger partial charge in [0.25, 0.3) is 0 Å². The molecule has 2 aromatic rings. The second-order valence-electron chi connectivity index (χ2n) is 8.06. The van der Waals surface area contributed by atoms with Crippen LogP contribution in [0.15, 0.2) is 54.6 Å². The summed E-state index contributed by atoms with van der Waals surface area (Å²) >= 11 is 0. The number of rotatable bonds is 6. The van der Waals surface area contributed by atoms with Crippen molar-refractivity contribution in [1.29, 1.82) is 0 Å². The minimum Gasteiger partial charge on any atom is -0.445 e. The first-order valence-electron chi connectivity index (χ1n) is 10.2. The largest absolute Gasteiger partial charge is 0.445 e. The Morgan fingerprint density at radius 3 is 2.48 bits per heavy atom. The van der Waals surface area contributed by atoms with Crippen LogP contribution < -0.4 is 5.32 Å². The summed E-state index contributed by atoms with van der Waals surface area (Å²) in [6, 6.07) is 16.5. The molecule has 0 spiro atoms. The van der Waals surface area contributed by atoms with Crippen molar-refractivity contribution < 1.29 is 18.3 Å². The lowest BCUT2D eigenvalue weighted by Gasteiger charge is -2.36. The highest BCUT2D eigenvalue weighted by molar-refractivity contribution is 5.67. The van der Waals surface area contributed by atoms with Crippen molar-refractivity contribution in [3.05, 3.63) is 71.5 Å². The van der Waals surface area contributed by atoms with Crippen LogP contribution in [0, 0.1) is 5.82 Å². The predicted octanol–water partition coefficient (Wildman–Crippen LogP) is 4.41. The average molecular weight is 400 g/mol. The van der Waals surface area contributed by atoms with Crippen LogP contribution in [0.5, 0.6) is 0 Å². The van der Waals surface area contributed by atoms with Gasteiger partial charge in [-0.3, -0.25) is 0 Å². The van der Waals surface area contributed by atoms with Gasteiger partial charge < -0.3 is 15.0 Å². The van der Waals surface area contributed by atoms with Crippen molar-refractivity contribution in [3.8, 4) is 0 Å². The molecular formula is C23H26F2N2O2. The number of hydrogen-bond acceptors (Lipinski definition) is 3. The number of alkyl halides is 1. The third-order valence-electron chi connectivity index (χ3n) is 5.89. The Bertz CT molecular complexity index is 821. The van der Waals surface area contributed by atoms with Gasteiger partial charge in [0.2, 0.25) is 0 Å². The van der Waals surface area contributed by atoms with E-state index in [1.807, 2.05) is 18.2 Å². The SMILES string of the molecule is O=C(OCc1ccc(F)cc1)N1CCC(F)(CN[C@@H]2C[C@H]2c2ccccc2)CC1. The number of nitrogens with one attached hydrogen (secondary N) is 1. The first-order valence-corrected chi connectivity index (χ1v) is 10.2. The van der Waals surface area contributed by atoms with Crippen LogP contribution >= 0.6 is 0 Å². The number of amides is 1. The summed E-state index contributed by atoms with van der Waals surface area (Å²) < 4.78 is 33.3. The summed E-state index contributed by atoms with van der Waals surface area (Å²) in [6.07, 6.45) is 1.20. The molecule has 0 unspecified atom stereocenters. The molecule has 4 nitrogen and oxygen atoms in total. The highest BCUT2D eigenvalue weighted by Gasteiger charge is 2.42. The lowest BCUT2D eigenvalue weighted by molar-refractivity contribution is 0.0408. The van der Waals surface area contributed by atoms with E-state index < -0.39 is 11.8 Å². The minimum absolute atomic E-state index is 0.0838. The van der Waals surface area contributed by atoms with Crippen LogP contribution in [-0.2, 0) is 11.3 Å². The van der Waals surface area contributed by atoms with Crippen LogP contribution in [0.2, 0.25) is 0 Å². The third-order valence-corrected chi connectivity index (χ3v) is 5.89. The van der Waals surface area contributed by atoms with Crippen LogP contribution in [0.25, 0.3) is 0 Å². The molecule has 154 valence electrons. The van der Waals surface area contributed by atoms with Gasteiger partial charge in [0.05, 0.1) is 0 Å². The highest BCUT2D eigenvalue weighted by atomic mass is 19.1. The third kappa shape index (κ3) is 5.12. The molecular weight excluding hydrogens is 374 g/mol. The Morgan fingerprint density at radius 1 is 1.10 bits per heavy atom. The van der Waals surface area contributed by atoms with Gasteiger partial charge in [-0.15, -0.1) is 0 Å². The summed E-state index contributed by atoms with van der Waals surface area (Å²) in [5.74, 6) is 0.145. The monoisotopic (exact) mass is 400 g/mol. The maximum absolute atomic E-state index is 15.1. The van der Waals surface area contributed by atoms with Gasteiger partial charge in [-0.1, -0.05) is 42.5 Å². The fourth-order valence-corrected chi connectivity index (χ4v) is 3.89. The van der Waals surface area contributed by atoms with Crippen LogP contribution in [0.3, 0.4) is 0 Å². The molecule has 1 saturated heterocycles. The molecule has 0 aromatic heterocycles. The van der Waals surface area contributed by atoms with Gasteiger partial charge in [0, 0.05) is 44.4 Å². The number of carbonyl (C=O) groups excluding carboxylic acids is 1. The number of likely N-dealkylation sites (tertiary alicyclic amines) is 1. The average Bonchev–Trinajstić information content (AvgIpc) is 3.53. The molecule has 0 bridgehead atoms.